The van der Waals surface area contributed by atoms with Crippen LogP contribution in [0.5, 0.6) is 0 Å². The zero-order chi connectivity index (χ0) is 23.3. The summed E-state index contributed by atoms with van der Waals surface area (Å²) in [5.74, 6) is -0.331. The Morgan fingerprint density at radius 3 is 2.58 bits per heavy atom. The van der Waals surface area contributed by atoms with Crippen LogP contribution in [0.15, 0.2) is 47.4 Å². The lowest BCUT2D eigenvalue weighted by Gasteiger charge is -2.36. The van der Waals surface area contributed by atoms with E-state index in [-0.39, 0.29) is 18.1 Å². The molecule has 0 aromatic heterocycles. The van der Waals surface area contributed by atoms with Crippen LogP contribution in [-0.4, -0.2) is 64.2 Å². The molecule has 0 spiro atoms. The molecule has 0 atom stereocenters. The van der Waals surface area contributed by atoms with Gasteiger partial charge in [0.2, 0.25) is 5.91 Å². The van der Waals surface area contributed by atoms with Gasteiger partial charge in [0.1, 0.15) is 0 Å². The molecule has 0 radical (unpaired) electrons. The smallest absolute Gasteiger partial charge is 0.221 e. The lowest BCUT2D eigenvalue weighted by molar-refractivity contribution is -0.120. The van der Waals surface area contributed by atoms with Crippen LogP contribution >= 0.6 is 0 Å². The maximum atomic E-state index is 12.6. The number of carbonyl (C=O) groups is 1. The van der Waals surface area contributed by atoms with Crippen molar-refractivity contribution < 1.29 is 13.2 Å². The van der Waals surface area contributed by atoms with E-state index in [1.807, 2.05) is 6.07 Å². The summed E-state index contributed by atoms with van der Waals surface area (Å²) in [6.45, 7) is 7.69. The van der Waals surface area contributed by atoms with Gasteiger partial charge >= 0.3 is 0 Å². The van der Waals surface area contributed by atoms with Crippen molar-refractivity contribution in [2.45, 2.75) is 43.9 Å². The van der Waals surface area contributed by atoms with Gasteiger partial charge in [0.25, 0.3) is 0 Å². The average Bonchev–Trinajstić information content (AvgIpc) is 3.29. The van der Waals surface area contributed by atoms with Crippen molar-refractivity contribution in [3.05, 3.63) is 59.2 Å². The van der Waals surface area contributed by atoms with Crippen LogP contribution in [0.4, 0.5) is 5.69 Å². The van der Waals surface area contributed by atoms with Crippen LogP contribution in [0, 0.1) is 6.92 Å². The van der Waals surface area contributed by atoms with Crippen LogP contribution < -0.4 is 10.2 Å². The van der Waals surface area contributed by atoms with E-state index in [1.165, 1.54) is 16.8 Å². The molecule has 1 amide bonds. The molecule has 1 fully saturated rings. The van der Waals surface area contributed by atoms with Crippen LogP contribution in [0.3, 0.4) is 0 Å². The summed E-state index contributed by atoms with van der Waals surface area (Å²) in [6, 6.07) is 14.0. The fourth-order valence-corrected chi connectivity index (χ4v) is 6.05. The predicted molar refractivity (Wildman–Crippen MR) is 133 cm³/mol. The third-order valence-corrected chi connectivity index (χ3v) is 8.45. The second-order valence-electron chi connectivity index (χ2n) is 9.22. The first-order valence-electron chi connectivity index (χ1n) is 12.1. The fraction of sp³-hybridized carbons (Fsp3) is 0.500. The molecule has 33 heavy (non-hydrogen) atoms. The molecule has 4 rings (SSSR count). The molecule has 6 nitrogen and oxygen atoms in total. The average molecular weight is 470 g/mol. The number of benzene rings is 2. The van der Waals surface area contributed by atoms with Crippen LogP contribution in [0.1, 0.15) is 36.0 Å². The summed E-state index contributed by atoms with van der Waals surface area (Å²) in [5, 5.41) is 2.89. The van der Waals surface area contributed by atoms with Gasteiger partial charge in [0.15, 0.2) is 9.84 Å². The van der Waals surface area contributed by atoms with Gasteiger partial charge in [-0.15, -0.1) is 0 Å². The molecule has 0 bridgehead atoms. The Balaban J connectivity index is 1.13. The maximum absolute atomic E-state index is 12.6. The quantitative estimate of drug-likeness (QED) is 0.572. The van der Waals surface area contributed by atoms with E-state index in [2.05, 4.69) is 46.3 Å². The SMILES string of the molecule is Cc1cccc(N2CCN(CCCNC(=O)CCS(=O)(=O)c3ccc4c(c3)CCC4)CC2)c1. The highest BCUT2D eigenvalue weighted by atomic mass is 32.2. The van der Waals surface area contributed by atoms with Gasteiger partial charge < -0.3 is 10.2 Å². The highest BCUT2D eigenvalue weighted by molar-refractivity contribution is 7.91. The largest absolute Gasteiger partial charge is 0.369 e. The van der Waals surface area contributed by atoms with Gasteiger partial charge in [-0.05, 0) is 80.1 Å². The number of sulfone groups is 1. The highest BCUT2D eigenvalue weighted by Crippen LogP contribution is 2.25. The van der Waals surface area contributed by atoms with E-state index in [0.717, 1.165) is 64.0 Å². The zero-order valence-electron chi connectivity index (χ0n) is 19.6. The molecular formula is C26H35N3O3S. The van der Waals surface area contributed by atoms with Gasteiger partial charge in [0.05, 0.1) is 10.6 Å². The predicted octanol–water partition coefficient (Wildman–Crippen LogP) is 2.98. The maximum Gasteiger partial charge on any atom is 0.221 e. The number of piperazine rings is 1. The van der Waals surface area contributed by atoms with Crippen molar-refractivity contribution in [1.82, 2.24) is 10.2 Å². The minimum Gasteiger partial charge on any atom is -0.369 e. The Labute approximate surface area is 197 Å². The minimum atomic E-state index is -3.43. The number of anilines is 1. The van der Waals surface area contributed by atoms with Crippen molar-refractivity contribution in [1.29, 1.82) is 0 Å². The van der Waals surface area contributed by atoms with Crippen LogP contribution in [0.2, 0.25) is 0 Å². The first kappa shape index (κ1) is 23.8. The summed E-state index contributed by atoms with van der Waals surface area (Å²) < 4.78 is 25.3. The van der Waals surface area contributed by atoms with E-state index < -0.39 is 9.84 Å². The molecular weight excluding hydrogens is 434 g/mol. The molecule has 0 unspecified atom stereocenters. The van der Waals surface area contributed by atoms with Crippen molar-refractivity contribution in [2.75, 3.05) is 49.9 Å². The molecule has 1 aliphatic carbocycles. The van der Waals surface area contributed by atoms with Gasteiger partial charge in [-0.1, -0.05) is 18.2 Å². The van der Waals surface area contributed by atoms with E-state index in [4.69, 9.17) is 0 Å². The Hall–Kier alpha value is -2.38. The molecule has 1 heterocycles. The minimum absolute atomic E-state index is 0.00852. The summed E-state index contributed by atoms with van der Waals surface area (Å²) in [5.41, 5.74) is 4.96. The number of aryl methyl sites for hydroxylation is 3. The Bertz CT molecular complexity index is 1080. The summed E-state index contributed by atoms with van der Waals surface area (Å²) in [7, 11) is -3.43. The summed E-state index contributed by atoms with van der Waals surface area (Å²) in [6.07, 6.45) is 3.94. The highest BCUT2D eigenvalue weighted by Gasteiger charge is 2.20. The molecule has 2 aromatic rings. The lowest BCUT2D eigenvalue weighted by atomic mass is 10.1. The lowest BCUT2D eigenvalue weighted by Crippen LogP contribution is -2.47. The molecule has 1 N–H and O–H groups in total. The second-order valence-corrected chi connectivity index (χ2v) is 11.3. The Morgan fingerprint density at radius 1 is 1.00 bits per heavy atom. The Morgan fingerprint density at radius 2 is 1.79 bits per heavy atom. The number of amides is 1. The molecule has 1 aliphatic heterocycles. The topological polar surface area (TPSA) is 69.7 Å². The summed E-state index contributed by atoms with van der Waals surface area (Å²) in [4.78, 5) is 17.4. The first-order chi connectivity index (χ1) is 15.9. The van der Waals surface area contributed by atoms with Crippen LogP contribution in [0.25, 0.3) is 0 Å². The van der Waals surface area contributed by atoms with E-state index >= 15 is 0 Å². The van der Waals surface area contributed by atoms with Gasteiger partial charge in [-0.2, -0.15) is 0 Å². The number of carbonyl (C=O) groups excluding carboxylic acids is 1. The zero-order valence-corrected chi connectivity index (χ0v) is 20.4. The molecule has 2 aromatic carbocycles. The molecule has 7 heteroatoms. The van der Waals surface area contributed by atoms with Crippen molar-refractivity contribution in [3.63, 3.8) is 0 Å². The molecule has 2 aliphatic rings. The molecule has 1 saturated heterocycles. The van der Waals surface area contributed by atoms with Crippen LogP contribution in [-0.2, 0) is 27.5 Å². The van der Waals surface area contributed by atoms with Crippen molar-refractivity contribution in [3.8, 4) is 0 Å². The molecule has 0 saturated carbocycles. The number of fused-ring (bicyclic) bond motifs is 1. The number of rotatable bonds is 9. The number of hydrogen-bond acceptors (Lipinski definition) is 5. The standard InChI is InChI=1S/C26H35N3O3S/c1-21-5-2-8-24(19-21)29-16-14-28(15-17-29)13-4-12-27-26(30)11-18-33(31,32)25-10-9-22-6-3-7-23(22)20-25/h2,5,8-10,19-20H,3-4,6-7,11-18H2,1H3,(H,27,30). The third kappa shape index (κ3) is 6.36. The fourth-order valence-electron chi connectivity index (χ4n) is 4.76. The second kappa shape index (κ2) is 10.7. The number of nitrogens with one attached hydrogen (secondary N) is 1. The van der Waals surface area contributed by atoms with E-state index in [1.54, 1.807) is 12.1 Å². The third-order valence-electron chi connectivity index (χ3n) is 6.74. The molecule has 178 valence electrons. The van der Waals surface area contributed by atoms with Gasteiger partial charge in [-0.25, -0.2) is 8.42 Å². The monoisotopic (exact) mass is 469 g/mol. The number of nitrogens with zero attached hydrogens (tertiary/aromatic N) is 2. The van der Waals surface area contributed by atoms with Gasteiger partial charge in [0, 0.05) is 44.8 Å². The van der Waals surface area contributed by atoms with E-state index in [9.17, 15) is 13.2 Å². The Kier molecular flexibility index (Phi) is 7.71. The summed E-state index contributed by atoms with van der Waals surface area (Å²) >= 11 is 0. The van der Waals surface area contributed by atoms with Crippen molar-refractivity contribution in [2.24, 2.45) is 0 Å². The normalized spacial score (nSPS) is 16.6. The van der Waals surface area contributed by atoms with E-state index in [0.29, 0.717) is 11.4 Å². The number of hydrogen-bond donors (Lipinski definition) is 1. The first-order valence-corrected chi connectivity index (χ1v) is 13.7. The van der Waals surface area contributed by atoms with Crippen molar-refractivity contribution >= 4 is 21.4 Å². The van der Waals surface area contributed by atoms with Gasteiger partial charge in [-0.3, -0.25) is 9.69 Å².